The Bertz CT molecular complexity index is 1450. The summed E-state index contributed by atoms with van der Waals surface area (Å²) in [5, 5.41) is 6.12. The average Bonchev–Trinajstić information content (AvgIpc) is 2.95. The highest BCUT2D eigenvalue weighted by Crippen LogP contribution is 2.20. The molecule has 0 aliphatic carbocycles. The van der Waals surface area contributed by atoms with Crippen LogP contribution in [0.1, 0.15) is 46.3 Å². The number of anilines is 1. The Kier molecular flexibility index (Phi) is 9.44. The molecule has 6 heteroatoms. The lowest BCUT2D eigenvalue weighted by molar-refractivity contribution is -0.118. The van der Waals surface area contributed by atoms with Gasteiger partial charge in [0.2, 0.25) is 0 Å². The largest absolute Gasteiger partial charge is 0.321 e. The van der Waals surface area contributed by atoms with Crippen LogP contribution in [0.2, 0.25) is 5.02 Å². The summed E-state index contributed by atoms with van der Waals surface area (Å²) in [6, 6.07) is 32.8. The Hall–Kier alpha value is -4.48. The van der Waals surface area contributed by atoms with Crippen LogP contribution < -0.4 is 10.6 Å². The van der Waals surface area contributed by atoms with Crippen LogP contribution in [0, 0.1) is 0 Å². The minimum absolute atomic E-state index is 0.0836. The molecule has 4 aromatic rings. The molecule has 2 amide bonds. The van der Waals surface area contributed by atoms with Gasteiger partial charge in [-0.05, 0) is 65.1 Å². The summed E-state index contributed by atoms with van der Waals surface area (Å²) < 4.78 is 0. The molecule has 4 rings (SSSR count). The molecule has 0 aromatic heterocycles. The molecule has 0 saturated heterocycles. The van der Waals surface area contributed by atoms with Crippen LogP contribution in [-0.2, 0) is 16.0 Å². The van der Waals surface area contributed by atoms with Crippen molar-refractivity contribution in [3.05, 3.63) is 142 Å². The molecule has 0 fully saturated rings. The van der Waals surface area contributed by atoms with Crippen molar-refractivity contribution in [2.75, 3.05) is 5.32 Å². The minimum atomic E-state index is -0.477. The molecule has 0 radical (unpaired) electrons. The summed E-state index contributed by atoms with van der Waals surface area (Å²) in [6.07, 6.45) is 2.37. The van der Waals surface area contributed by atoms with Crippen molar-refractivity contribution in [1.29, 1.82) is 0 Å². The highest BCUT2D eigenvalue weighted by atomic mass is 35.5. The first-order valence-corrected chi connectivity index (χ1v) is 13.1. The Morgan fingerprint density at radius 3 is 2.05 bits per heavy atom. The molecule has 196 valence electrons. The maximum atomic E-state index is 13.2. The first-order chi connectivity index (χ1) is 18.9. The van der Waals surface area contributed by atoms with Gasteiger partial charge in [-0.15, -0.1) is 0 Å². The zero-order valence-corrected chi connectivity index (χ0v) is 22.3. The second-order valence-corrected chi connectivity index (χ2v) is 9.75. The van der Waals surface area contributed by atoms with Gasteiger partial charge in [-0.1, -0.05) is 91.3 Å². The van der Waals surface area contributed by atoms with Crippen LogP contribution >= 0.6 is 11.6 Å². The van der Waals surface area contributed by atoms with E-state index in [0.717, 1.165) is 11.1 Å². The van der Waals surface area contributed by atoms with Gasteiger partial charge in [0.05, 0.1) is 0 Å². The Morgan fingerprint density at radius 2 is 1.41 bits per heavy atom. The van der Waals surface area contributed by atoms with Crippen molar-refractivity contribution in [1.82, 2.24) is 5.32 Å². The number of benzene rings is 4. The van der Waals surface area contributed by atoms with Gasteiger partial charge in [0.1, 0.15) is 11.5 Å². The predicted octanol–water partition coefficient (Wildman–Crippen LogP) is 7.06. The van der Waals surface area contributed by atoms with Gasteiger partial charge in [0.25, 0.3) is 11.8 Å². The summed E-state index contributed by atoms with van der Waals surface area (Å²) in [7, 11) is 0. The van der Waals surface area contributed by atoms with Crippen LogP contribution in [0.25, 0.3) is 6.08 Å². The fraction of sp³-hybridized carbons (Fsp3) is 0.121. The summed E-state index contributed by atoms with van der Waals surface area (Å²) in [4.78, 5) is 38.6. The van der Waals surface area contributed by atoms with Gasteiger partial charge in [-0.2, -0.15) is 0 Å². The SMILES string of the molecule is CC(CC(=O)Cc1ccc(NC(=O)/C(=C/c2ccc(Cl)cc2)NC(=O)c2ccccc2)cc1)c1ccccc1. The quantitative estimate of drug-likeness (QED) is 0.213. The summed E-state index contributed by atoms with van der Waals surface area (Å²) in [6.45, 7) is 2.05. The van der Waals surface area contributed by atoms with Crippen molar-refractivity contribution in [2.45, 2.75) is 25.7 Å². The normalized spacial score (nSPS) is 11.9. The highest BCUT2D eigenvalue weighted by Gasteiger charge is 2.16. The van der Waals surface area contributed by atoms with Crippen molar-refractivity contribution >= 4 is 41.0 Å². The van der Waals surface area contributed by atoms with Gasteiger partial charge in [-0.25, -0.2) is 0 Å². The maximum Gasteiger partial charge on any atom is 0.272 e. The van der Waals surface area contributed by atoms with E-state index in [1.54, 1.807) is 66.7 Å². The number of hydrogen-bond acceptors (Lipinski definition) is 3. The van der Waals surface area contributed by atoms with Gasteiger partial charge in [-0.3, -0.25) is 14.4 Å². The van der Waals surface area contributed by atoms with E-state index in [1.807, 2.05) is 48.5 Å². The van der Waals surface area contributed by atoms with E-state index >= 15 is 0 Å². The highest BCUT2D eigenvalue weighted by molar-refractivity contribution is 6.30. The fourth-order valence-electron chi connectivity index (χ4n) is 4.11. The molecule has 4 aromatic carbocycles. The van der Waals surface area contributed by atoms with E-state index in [9.17, 15) is 14.4 Å². The van der Waals surface area contributed by atoms with Crippen LogP contribution in [0.3, 0.4) is 0 Å². The molecule has 0 saturated carbocycles. The fourth-order valence-corrected chi connectivity index (χ4v) is 4.24. The van der Waals surface area contributed by atoms with Crippen molar-refractivity contribution in [3.63, 3.8) is 0 Å². The Balaban J connectivity index is 1.42. The van der Waals surface area contributed by atoms with Crippen LogP contribution in [0.15, 0.2) is 115 Å². The molecule has 0 bridgehead atoms. The minimum Gasteiger partial charge on any atom is -0.321 e. The van der Waals surface area contributed by atoms with E-state index < -0.39 is 11.8 Å². The molecule has 39 heavy (non-hydrogen) atoms. The zero-order valence-electron chi connectivity index (χ0n) is 21.6. The molecule has 2 N–H and O–H groups in total. The van der Waals surface area contributed by atoms with Gasteiger partial charge in [0.15, 0.2) is 0 Å². The number of rotatable bonds is 10. The van der Waals surface area contributed by atoms with Crippen LogP contribution in [0.5, 0.6) is 0 Å². The number of carbonyl (C=O) groups excluding carboxylic acids is 3. The number of hydrogen-bond donors (Lipinski definition) is 2. The van der Waals surface area contributed by atoms with Crippen molar-refractivity contribution in [3.8, 4) is 0 Å². The Morgan fingerprint density at radius 1 is 0.795 bits per heavy atom. The Labute approximate surface area is 233 Å². The predicted molar refractivity (Wildman–Crippen MR) is 157 cm³/mol. The number of Topliss-reactive ketones (excluding diaryl/α,β-unsaturated/α-hetero) is 1. The second-order valence-electron chi connectivity index (χ2n) is 9.31. The van der Waals surface area contributed by atoms with E-state index in [2.05, 4.69) is 17.6 Å². The van der Waals surface area contributed by atoms with E-state index in [-0.39, 0.29) is 17.4 Å². The van der Waals surface area contributed by atoms with E-state index in [4.69, 9.17) is 11.6 Å². The molecule has 1 atom stereocenters. The third kappa shape index (κ3) is 8.25. The van der Waals surface area contributed by atoms with Gasteiger partial charge in [0, 0.05) is 29.1 Å². The van der Waals surface area contributed by atoms with Crippen molar-refractivity contribution < 1.29 is 14.4 Å². The molecule has 0 heterocycles. The van der Waals surface area contributed by atoms with Crippen molar-refractivity contribution in [2.24, 2.45) is 0 Å². The number of nitrogens with one attached hydrogen (secondary N) is 2. The van der Waals surface area contributed by atoms with Gasteiger partial charge < -0.3 is 10.6 Å². The summed E-state index contributed by atoms with van der Waals surface area (Å²) in [5.41, 5.74) is 3.78. The molecule has 5 nitrogen and oxygen atoms in total. The lowest BCUT2D eigenvalue weighted by atomic mass is 9.93. The van der Waals surface area contributed by atoms with Crippen LogP contribution in [-0.4, -0.2) is 17.6 Å². The first kappa shape index (κ1) is 27.6. The topological polar surface area (TPSA) is 75.3 Å². The number of carbonyl (C=O) groups is 3. The van der Waals surface area contributed by atoms with E-state index in [0.29, 0.717) is 34.7 Å². The van der Waals surface area contributed by atoms with Crippen LogP contribution in [0.4, 0.5) is 5.69 Å². The lowest BCUT2D eigenvalue weighted by Gasteiger charge is -2.12. The molecular weight excluding hydrogens is 508 g/mol. The third-order valence-electron chi connectivity index (χ3n) is 6.23. The average molecular weight is 537 g/mol. The maximum absolute atomic E-state index is 13.2. The second kappa shape index (κ2) is 13.4. The lowest BCUT2D eigenvalue weighted by Crippen LogP contribution is -2.30. The first-order valence-electron chi connectivity index (χ1n) is 12.7. The molecular formula is C33H29ClN2O3. The summed E-state index contributed by atoms with van der Waals surface area (Å²) in [5.74, 6) is -0.576. The monoisotopic (exact) mass is 536 g/mol. The number of halogens is 1. The van der Waals surface area contributed by atoms with Gasteiger partial charge >= 0.3 is 0 Å². The zero-order chi connectivity index (χ0) is 27.6. The molecule has 0 aliphatic heterocycles. The standard InChI is InChI=1S/C33H29ClN2O3/c1-23(26-8-4-2-5-9-26)20-30(37)21-24-14-18-29(19-15-24)35-33(39)31(22-25-12-16-28(34)17-13-25)36-32(38)27-10-6-3-7-11-27/h2-19,22-23H,20-21H2,1H3,(H,35,39)(H,36,38)/b31-22-. The molecule has 0 aliphatic rings. The smallest absolute Gasteiger partial charge is 0.272 e. The number of ketones is 1. The van der Waals surface area contributed by atoms with E-state index in [1.165, 1.54) is 0 Å². The molecule has 1 unspecified atom stereocenters. The molecule has 0 spiro atoms. The number of amides is 2. The summed E-state index contributed by atoms with van der Waals surface area (Å²) >= 11 is 5.99. The third-order valence-corrected chi connectivity index (χ3v) is 6.48.